The average Bonchev–Trinajstić information content (AvgIpc) is 3.49. The summed E-state index contributed by atoms with van der Waals surface area (Å²) in [7, 11) is 0. The zero-order chi connectivity index (χ0) is 25.1. The summed E-state index contributed by atoms with van der Waals surface area (Å²) in [6.45, 7) is 7.31. The van der Waals surface area contributed by atoms with E-state index in [1.54, 1.807) is 11.3 Å². The molecule has 5 rings (SSSR count). The van der Waals surface area contributed by atoms with Gasteiger partial charge in [0.25, 0.3) is 5.91 Å². The van der Waals surface area contributed by atoms with E-state index >= 15 is 0 Å². The number of anilines is 1. The smallest absolute Gasteiger partial charge is 0.252 e. The van der Waals surface area contributed by atoms with Gasteiger partial charge >= 0.3 is 0 Å². The van der Waals surface area contributed by atoms with Gasteiger partial charge in [0.2, 0.25) is 5.91 Å². The Morgan fingerprint density at radius 1 is 1.14 bits per heavy atom. The molecule has 188 valence electrons. The molecule has 2 aromatic carbocycles. The number of rotatable bonds is 9. The molecule has 2 saturated heterocycles. The van der Waals surface area contributed by atoms with Crippen LogP contribution in [0.3, 0.4) is 0 Å². The van der Waals surface area contributed by atoms with Crippen molar-refractivity contribution < 1.29 is 9.59 Å². The first-order valence-electron chi connectivity index (χ1n) is 12.5. The quantitative estimate of drug-likeness (QED) is 0.308. The van der Waals surface area contributed by atoms with Gasteiger partial charge in [0.05, 0.1) is 18.1 Å². The van der Waals surface area contributed by atoms with Crippen LogP contribution in [0.2, 0.25) is 0 Å². The lowest BCUT2D eigenvalue weighted by atomic mass is 10.0. The predicted molar refractivity (Wildman–Crippen MR) is 145 cm³/mol. The largest absolute Gasteiger partial charge is 0.380 e. The Balaban J connectivity index is 1.23. The monoisotopic (exact) mass is 503 g/mol. The minimum absolute atomic E-state index is 0.0683. The van der Waals surface area contributed by atoms with Crippen LogP contribution in [0, 0.1) is 6.92 Å². The summed E-state index contributed by atoms with van der Waals surface area (Å²) in [4.78, 5) is 27.3. The fourth-order valence-electron chi connectivity index (χ4n) is 4.54. The number of thiophene rings is 1. The van der Waals surface area contributed by atoms with Crippen molar-refractivity contribution in [2.75, 3.05) is 25.0 Å². The van der Waals surface area contributed by atoms with Gasteiger partial charge in [0.15, 0.2) is 0 Å². The lowest BCUT2D eigenvalue weighted by Gasteiger charge is -2.29. The molecule has 0 saturated carbocycles. The molecule has 2 fully saturated rings. The molecule has 0 spiro atoms. The minimum Gasteiger partial charge on any atom is -0.380 e. The Kier molecular flexibility index (Phi) is 7.36. The van der Waals surface area contributed by atoms with Crippen LogP contribution in [-0.2, 0) is 11.3 Å². The zero-order valence-corrected chi connectivity index (χ0v) is 21.5. The van der Waals surface area contributed by atoms with Crippen LogP contribution < -0.4 is 26.6 Å². The van der Waals surface area contributed by atoms with E-state index in [0.29, 0.717) is 18.2 Å². The van der Waals surface area contributed by atoms with Gasteiger partial charge < -0.3 is 26.6 Å². The average molecular weight is 504 g/mol. The second-order valence-corrected chi connectivity index (χ2v) is 10.8. The predicted octanol–water partition coefficient (Wildman–Crippen LogP) is 3.58. The highest BCUT2D eigenvalue weighted by molar-refractivity contribution is 7.15. The van der Waals surface area contributed by atoms with Gasteiger partial charge in [-0.3, -0.25) is 9.59 Å². The van der Waals surface area contributed by atoms with E-state index < -0.39 is 0 Å². The van der Waals surface area contributed by atoms with Crippen molar-refractivity contribution in [3.05, 3.63) is 76.2 Å². The van der Waals surface area contributed by atoms with Crippen molar-refractivity contribution in [3.63, 3.8) is 0 Å². The Bertz CT molecular complexity index is 1250. The first kappa shape index (κ1) is 24.5. The number of benzene rings is 2. The van der Waals surface area contributed by atoms with Crippen LogP contribution in [-0.4, -0.2) is 43.5 Å². The molecule has 0 aliphatic carbocycles. The minimum atomic E-state index is -0.133. The van der Waals surface area contributed by atoms with Gasteiger partial charge in [0, 0.05) is 47.2 Å². The molecule has 1 aromatic heterocycles. The van der Waals surface area contributed by atoms with Gasteiger partial charge in [-0.1, -0.05) is 24.3 Å². The summed E-state index contributed by atoms with van der Waals surface area (Å²) in [5.74, 6) is 0.0191. The highest BCUT2D eigenvalue weighted by atomic mass is 32.1. The van der Waals surface area contributed by atoms with Gasteiger partial charge in [-0.25, -0.2) is 0 Å². The molecule has 3 aromatic rings. The summed E-state index contributed by atoms with van der Waals surface area (Å²) in [6, 6.07) is 18.7. The Morgan fingerprint density at radius 3 is 2.75 bits per heavy atom. The third-order valence-electron chi connectivity index (χ3n) is 6.89. The summed E-state index contributed by atoms with van der Waals surface area (Å²) in [5.41, 5.74) is 4.81. The second-order valence-electron chi connectivity index (χ2n) is 9.63. The van der Waals surface area contributed by atoms with E-state index in [1.807, 2.05) is 38.1 Å². The van der Waals surface area contributed by atoms with Crippen LogP contribution in [0.15, 0.2) is 54.6 Å². The number of carbonyl (C=O) groups excluding carboxylic acids is 2. The lowest BCUT2D eigenvalue weighted by molar-refractivity contribution is -0.120. The van der Waals surface area contributed by atoms with Gasteiger partial charge in [0.1, 0.15) is 0 Å². The van der Waals surface area contributed by atoms with Crippen LogP contribution in [0.4, 0.5) is 5.69 Å². The Labute approximate surface area is 216 Å². The third-order valence-corrected chi connectivity index (χ3v) is 8.02. The standard InChI is InChI=1S/C28H33N5O2S/c1-17-6-7-21(33-22-14-29-15-22)13-24(17)27(34)32-18(2)19-4-3-5-20(12-19)26-9-8-23(36-26)16-31-25-10-11-30-28(25)35/h3-9,12-13,18,22,25,29,31,33H,10-11,14-16H2,1-2H3,(H,30,35)(H,32,34). The topological polar surface area (TPSA) is 94.3 Å². The summed E-state index contributed by atoms with van der Waals surface area (Å²) < 4.78 is 0. The molecule has 2 aliphatic heterocycles. The van der Waals surface area contributed by atoms with E-state index in [-0.39, 0.29) is 23.9 Å². The first-order valence-corrected chi connectivity index (χ1v) is 13.4. The number of nitrogens with one attached hydrogen (secondary N) is 5. The number of amides is 2. The van der Waals surface area contributed by atoms with Crippen molar-refractivity contribution in [1.82, 2.24) is 21.3 Å². The Hall–Kier alpha value is -3.20. The highest BCUT2D eigenvalue weighted by Gasteiger charge is 2.23. The molecule has 36 heavy (non-hydrogen) atoms. The molecule has 2 atom stereocenters. The fraction of sp³-hybridized carbons (Fsp3) is 0.357. The summed E-state index contributed by atoms with van der Waals surface area (Å²) in [5, 5.41) is 16.1. The molecule has 2 amide bonds. The molecule has 5 N–H and O–H groups in total. The zero-order valence-electron chi connectivity index (χ0n) is 20.7. The van der Waals surface area contributed by atoms with Crippen molar-refractivity contribution in [1.29, 1.82) is 0 Å². The highest BCUT2D eigenvalue weighted by Crippen LogP contribution is 2.30. The van der Waals surface area contributed by atoms with Crippen molar-refractivity contribution in [2.24, 2.45) is 0 Å². The third kappa shape index (κ3) is 5.61. The second kappa shape index (κ2) is 10.8. The maximum atomic E-state index is 13.1. The van der Waals surface area contributed by atoms with Gasteiger partial charge in [-0.05, 0) is 67.3 Å². The Morgan fingerprint density at radius 2 is 2.00 bits per heavy atom. The van der Waals surface area contributed by atoms with Crippen molar-refractivity contribution in [2.45, 2.75) is 44.9 Å². The fourth-order valence-corrected chi connectivity index (χ4v) is 5.50. The summed E-state index contributed by atoms with van der Waals surface area (Å²) in [6.07, 6.45) is 0.834. The first-order chi connectivity index (χ1) is 17.5. The summed E-state index contributed by atoms with van der Waals surface area (Å²) >= 11 is 1.72. The maximum absolute atomic E-state index is 13.1. The molecule has 0 bridgehead atoms. The molecule has 3 heterocycles. The molecular formula is C28H33N5O2S. The normalized spacial score (nSPS) is 18.4. The molecule has 7 nitrogen and oxygen atoms in total. The van der Waals surface area contributed by atoms with E-state index in [2.05, 4.69) is 56.9 Å². The van der Waals surface area contributed by atoms with Crippen LogP contribution in [0.1, 0.15) is 45.7 Å². The number of hydrogen-bond donors (Lipinski definition) is 5. The molecule has 8 heteroatoms. The van der Waals surface area contributed by atoms with Crippen LogP contribution in [0.5, 0.6) is 0 Å². The number of carbonyl (C=O) groups is 2. The number of hydrogen-bond acceptors (Lipinski definition) is 6. The maximum Gasteiger partial charge on any atom is 0.252 e. The molecule has 2 unspecified atom stereocenters. The van der Waals surface area contributed by atoms with Crippen molar-refractivity contribution in [3.8, 4) is 10.4 Å². The van der Waals surface area contributed by atoms with Gasteiger partial charge in [-0.2, -0.15) is 0 Å². The molecule has 2 aliphatic rings. The lowest BCUT2D eigenvalue weighted by Crippen LogP contribution is -2.51. The van der Waals surface area contributed by atoms with Gasteiger partial charge in [-0.15, -0.1) is 11.3 Å². The number of aryl methyl sites for hydroxylation is 1. The molecule has 0 radical (unpaired) electrons. The van der Waals surface area contributed by atoms with Crippen molar-refractivity contribution >= 4 is 28.8 Å². The van der Waals surface area contributed by atoms with E-state index in [0.717, 1.165) is 48.4 Å². The van der Waals surface area contributed by atoms with Crippen LogP contribution >= 0.6 is 11.3 Å². The SMILES string of the molecule is Cc1ccc(NC2CNC2)cc1C(=O)NC(C)c1cccc(-c2ccc(CNC3CCNC3=O)s2)c1. The van der Waals surface area contributed by atoms with E-state index in [4.69, 9.17) is 0 Å². The van der Waals surface area contributed by atoms with Crippen LogP contribution in [0.25, 0.3) is 10.4 Å². The molecular weight excluding hydrogens is 470 g/mol. The van der Waals surface area contributed by atoms with E-state index in [1.165, 1.54) is 9.75 Å². The van der Waals surface area contributed by atoms with E-state index in [9.17, 15) is 9.59 Å².